The van der Waals surface area contributed by atoms with Gasteiger partial charge in [0.05, 0.1) is 0 Å². The minimum Gasteiger partial charge on any atom is -0.369 e. The maximum absolute atomic E-state index is 5.84. The largest absolute Gasteiger partial charge is 0.369 e. The van der Waals surface area contributed by atoms with E-state index in [0.717, 1.165) is 11.0 Å². The predicted molar refractivity (Wildman–Crippen MR) is 79.4 cm³/mol. The van der Waals surface area contributed by atoms with Crippen LogP contribution < -0.4 is 10.6 Å². The number of rotatable bonds is 5. The van der Waals surface area contributed by atoms with E-state index in [0.29, 0.717) is 18.5 Å². The van der Waals surface area contributed by atoms with Crippen LogP contribution in [0.25, 0.3) is 0 Å². The van der Waals surface area contributed by atoms with E-state index >= 15 is 0 Å². The Balaban J connectivity index is 3.08. The molecule has 0 saturated carbocycles. The quantitative estimate of drug-likeness (QED) is 0.896. The van der Waals surface area contributed by atoms with Crippen molar-refractivity contribution in [2.75, 3.05) is 11.4 Å². The van der Waals surface area contributed by atoms with Gasteiger partial charge in [0.25, 0.3) is 0 Å². The molecule has 3 heteroatoms. The van der Waals surface area contributed by atoms with Crippen LogP contribution in [0, 0.1) is 5.92 Å². The first kappa shape index (κ1) is 14.5. The molecule has 1 aromatic rings. The summed E-state index contributed by atoms with van der Waals surface area (Å²) in [7, 11) is 0. The number of anilines is 1. The maximum Gasteiger partial charge on any atom is 0.0414 e. The van der Waals surface area contributed by atoms with Gasteiger partial charge in [-0.2, -0.15) is 0 Å². The van der Waals surface area contributed by atoms with Gasteiger partial charge in [-0.25, -0.2) is 0 Å². The van der Waals surface area contributed by atoms with Crippen LogP contribution in [-0.2, 0) is 6.54 Å². The molecule has 17 heavy (non-hydrogen) atoms. The highest BCUT2D eigenvalue weighted by molar-refractivity contribution is 9.10. The van der Waals surface area contributed by atoms with Crippen LogP contribution >= 0.6 is 15.9 Å². The number of hydrogen-bond acceptors (Lipinski definition) is 2. The summed E-state index contributed by atoms with van der Waals surface area (Å²) in [5.41, 5.74) is 8.31. The third-order valence-electron chi connectivity index (χ3n) is 2.76. The molecule has 0 aliphatic rings. The van der Waals surface area contributed by atoms with Crippen molar-refractivity contribution in [1.82, 2.24) is 0 Å². The predicted octanol–water partition coefficient (Wildman–Crippen LogP) is 3.78. The fourth-order valence-corrected chi connectivity index (χ4v) is 2.39. The molecule has 0 unspecified atom stereocenters. The summed E-state index contributed by atoms with van der Waals surface area (Å²) in [5.74, 6) is 0.645. The molecular formula is C14H23BrN2. The van der Waals surface area contributed by atoms with Crippen molar-refractivity contribution in [2.24, 2.45) is 11.7 Å². The summed E-state index contributed by atoms with van der Waals surface area (Å²) in [6.07, 6.45) is 0. The Morgan fingerprint density at radius 1 is 1.24 bits per heavy atom. The van der Waals surface area contributed by atoms with Crippen LogP contribution in [0.4, 0.5) is 5.69 Å². The normalized spacial score (nSPS) is 11.3. The zero-order valence-corrected chi connectivity index (χ0v) is 12.8. The lowest BCUT2D eigenvalue weighted by Gasteiger charge is -2.32. The van der Waals surface area contributed by atoms with Crippen molar-refractivity contribution in [1.29, 1.82) is 0 Å². The van der Waals surface area contributed by atoms with E-state index in [2.05, 4.69) is 66.7 Å². The second-order valence-electron chi connectivity index (χ2n) is 5.12. The fourth-order valence-electron chi connectivity index (χ4n) is 1.98. The number of nitrogens with zero attached hydrogens (tertiary/aromatic N) is 1. The molecule has 2 N–H and O–H groups in total. The monoisotopic (exact) mass is 298 g/mol. The molecule has 0 spiro atoms. The second kappa shape index (κ2) is 6.41. The summed E-state index contributed by atoms with van der Waals surface area (Å²) in [6, 6.07) is 6.85. The van der Waals surface area contributed by atoms with Gasteiger partial charge < -0.3 is 10.6 Å². The van der Waals surface area contributed by atoms with Crippen LogP contribution in [0.5, 0.6) is 0 Å². The van der Waals surface area contributed by atoms with Gasteiger partial charge >= 0.3 is 0 Å². The van der Waals surface area contributed by atoms with Gasteiger partial charge in [-0.05, 0) is 43.5 Å². The molecule has 0 saturated heterocycles. The average molecular weight is 299 g/mol. The zero-order valence-electron chi connectivity index (χ0n) is 11.2. The molecule has 0 fully saturated rings. The van der Waals surface area contributed by atoms with Gasteiger partial charge in [0.2, 0.25) is 0 Å². The molecule has 0 amide bonds. The highest BCUT2D eigenvalue weighted by Gasteiger charge is 2.15. The minimum atomic E-state index is 0.490. The Morgan fingerprint density at radius 3 is 2.35 bits per heavy atom. The molecule has 0 aliphatic carbocycles. The summed E-state index contributed by atoms with van der Waals surface area (Å²) >= 11 is 3.50. The smallest absolute Gasteiger partial charge is 0.0414 e. The van der Waals surface area contributed by atoms with Gasteiger partial charge in [-0.15, -0.1) is 0 Å². The highest BCUT2D eigenvalue weighted by Crippen LogP contribution is 2.26. The average Bonchev–Trinajstić information content (AvgIpc) is 2.25. The topological polar surface area (TPSA) is 29.3 Å². The summed E-state index contributed by atoms with van der Waals surface area (Å²) < 4.78 is 1.09. The minimum absolute atomic E-state index is 0.490. The zero-order chi connectivity index (χ0) is 13.0. The lowest BCUT2D eigenvalue weighted by molar-refractivity contribution is 0.569. The number of benzene rings is 1. The van der Waals surface area contributed by atoms with Gasteiger partial charge in [0, 0.05) is 29.3 Å². The summed E-state index contributed by atoms with van der Waals surface area (Å²) in [6.45, 7) is 10.6. The Labute approximate surface area is 113 Å². The van der Waals surface area contributed by atoms with Crippen molar-refractivity contribution in [2.45, 2.75) is 40.3 Å². The first-order valence-corrected chi connectivity index (χ1v) is 7.00. The number of nitrogens with two attached hydrogens (primary N) is 1. The van der Waals surface area contributed by atoms with Gasteiger partial charge in [0.1, 0.15) is 0 Å². The third-order valence-corrected chi connectivity index (χ3v) is 3.25. The van der Waals surface area contributed by atoms with Crippen molar-refractivity contribution >= 4 is 21.6 Å². The molecule has 96 valence electrons. The van der Waals surface area contributed by atoms with E-state index in [1.807, 2.05) is 0 Å². The van der Waals surface area contributed by atoms with E-state index in [9.17, 15) is 0 Å². The Bertz CT molecular complexity index is 361. The lowest BCUT2D eigenvalue weighted by atomic mass is 10.1. The van der Waals surface area contributed by atoms with Crippen molar-refractivity contribution in [3.8, 4) is 0 Å². The Hall–Kier alpha value is -0.540. The maximum atomic E-state index is 5.84. The van der Waals surface area contributed by atoms with Gasteiger partial charge in [-0.3, -0.25) is 0 Å². The first-order chi connectivity index (χ1) is 7.95. The van der Waals surface area contributed by atoms with E-state index in [-0.39, 0.29) is 0 Å². The molecule has 1 rings (SSSR count). The van der Waals surface area contributed by atoms with Crippen LogP contribution in [0.2, 0.25) is 0 Å². The molecule has 2 nitrogen and oxygen atoms in total. The second-order valence-corrected chi connectivity index (χ2v) is 6.03. The van der Waals surface area contributed by atoms with Crippen molar-refractivity contribution in [3.63, 3.8) is 0 Å². The summed E-state index contributed by atoms with van der Waals surface area (Å²) in [5, 5.41) is 0. The Kier molecular flexibility index (Phi) is 5.47. The number of hydrogen-bond donors (Lipinski definition) is 1. The standard InChI is InChI=1S/C14H23BrN2/c1-10(2)9-17(11(3)4)14-6-5-13(15)7-12(14)8-16/h5-7,10-11H,8-9,16H2,1-4H3. The molecule has 0 aromatic heterocycles. The fraction of sp³-hybridized carbons (Fsp3) is 0.571. The van der Waals surface area contributed by atoms with Crippen LogP contribution in [0.15, 0.2) is 22.7 Å². The first-order valence-electron chi connectivity index (χ1n) is 6.20. The molecular weight excluding hydrogens is 276 g/mol. The molecule has 1 aromatic carbocycles. The van der Waals surface area contributed by atoms with Crippen LogP contribution in [0.3, 0.4) is 0 Å². The van der Waals surface area contributed by atoms with Crippen molar-refractivity contribution in [3.05, 3.63) is 28.2 Å². The van der Waals surface area contributed by atoms with Crippen LogP contribution in [-0.4, -0.2) is 12.6 Å². The molecule has 0 atom stereocenters. The van der Waals surface area contributed by atoms with Gasteiger partial charge in [-0.1, -0.05) is 29.8 Å². The molecule has 0 radical (unpaired) electrons. The Morgan fingerprint density at radius 2 is 1.88 bits per heavy atom. The van der Waals surface area contributed by atoms with E-state index in [1.165, 1.54) is 11.3 Å². The van der Waals surface area contributed by atoms with Crippen LogP contribution in [0.1, 0.15) is 33.3 Å². The third kappa shape index (κ3) is 4.00. The highest BCUT2D eigenvalue weighted by atomic mass is 79.9. The van der Waals surface area contributed by atoms with E-state index in [4.69, 9.17) is 5.73 Å². The molecule has 0 bridgehead atoms. The number of halogens is 1. The molecule has 0 heterocycles. The van der Waals surface area contributed by atoms with Gasteiger partial charge in [0.15, 0.2) is 0 Å². The summed E-state index contributed by atoms with van der Waals surface area (Å²) in [4.78, 5) is 2.43. The SMILES string of the molecule is CC(C)CN(c1ccc(Br)cc1CN)C(C)C. The van der Waals surface area contributed by atoms with E-state index in [1.54, 1.807) is 0 Å². The van der Waals surface area contributed by atoms with Crippen molar-refractivity contribution < 1.29 is 0 Å². The lowest BCUT2D eigenvalue weighted by Crippen LogP contribution is -2.35. The van der Waals surface area contributed by atoms with E-state index < -0.39 is 0 Å². The molecule has 0 aliphatic heterocycles.